The quantitative estimate of drug-likeness (QED) is 0.871. The van der Waals surface area contributed by atoms with Crippen LogP contribution < -0.4 is 5.32 Å². The summed E-state index contributed by atoms with van der Waals surface area (Å²) < 4.78 is 0. The number of benzene rings is 1. The number of aromatic amines is 1. The fraction of sp³-hybridized carbons (Fsp3) is 0.579. The highest BCUT2D eigenvalue weighted by atomic mass is 14.9. The van der Waals surface area contributed by atoms with E-state index in [1.54, 1.807) is 0 Å². The van der Waals surface area contributed by atoms with E-state index < -0.39 is 0 Å². The highest BCUT2D eigenvalue weighted by Crippen LogP contribution is 2.58. The van der Waals surface area contributed by atoms with Crippen molar-refractivity contribution in [1.29, 1.82) is 0 Å². The number of hydrogen-bond donors (Lipinski definition) is 2. The highest BCUT2D eigenvalue weighted by molar-refractivity contribution is 5.82. The first-order valence-electron chi connectivity index (χ1n) is 8.68. The molecule has 0 spiro atoms. The molecule has 0 aliphatic heterocycles. The Morgan fingerprint density at radius 3 is 3.00 bits per heavy atom. The van der Waals surface area contributed by atoms with E-state index in [1.807, 2.05) is 0 Å². The lowest BCUT2D eigenvalue weighted by molar-refractivity contribution is 0.208. The topological polar surface area (TPSA) is 27.8 Å². The first-order chi connectivity index (χ1) is 10.4. The summed E-state index contributed by atoms with van der Waals surface area (Å²) >= 11 is 0. The Balaban J connectivity index is 1.32. The van der Waals surface area contributed by atoms with Crippen LogP contribution in [0.5, 0.6) is 0 Å². The van der Waals surface area contributed by atoms with Gasteiger partial charge in [-0.1, -0.05) is 18.6 Å². The largest absolute Gasteiger partial charge is 0.361 e. The fourth-order valence-electron chi connectivity index (χ4n) is 5.85. The van der Waals surface area contributed by atoms with Gasteiger partial charge in [-0.25, -0.2) is 0 Å². The smallest absolute Gasteiger partial charge is 0.0457 e. The van der Waals surface area contributed by atoms with Gasteiger partial charge in [-0.3, -0.25) is 0 Å². The molecule has 110 valence electrons. The number of fused-ring (bicyclic) bond motifs is 6. The molecule has 2 N–H and O–H groups in total. The Kier molecular flexibility index (Phi) is 2.69. The van der Waals surface area contributed by atoms with Gasteiger partial charge >= 0.3 is 0 Å². The monoisotopic (exact) mass is 280 g/mol. The molecule has 3 saturated carbocycles. The van der Waals surface area contributed by atoms with Crippen molar-refractivity contribution in [3.63, 3.8) is 0 Å². The van der Waals surface area contributed by atoms with Gasteiger partial charge in [0, 0.05) is 29.7 Å². The average molecular weight is 280 g/mol. The normalized spacial score (nSPS) is 37.4. The number of aromatic nitrogens is 1. The first-order valence-corrected chi connectivity index (χ1v) is 8.68. The minimum Gasteiger partial charge on any atom is -0.361 e. The van der Waals surface area contributed by atoms with Gasteiger partial charge in [-0.2, -0.15) is 0 Å². The SMILES string of the molecule is c1cc(CNC2CC3CC2C2CCCC32)c2cc[nH]c2c1. The second-order valence-electron chi connectivity index (χ2n) is 7.50. The zero-order chi connectivity index (χ0) is 13.8. The Morgan fingerprint density at radius 1 is 1.05 bits per heavy atom. The Hall–Kier alpha value is -1.28. The van der Waals surface area contributed by atoms with Crippen molar-refractivity contribution in [2.75, 3.05) is 0 Å². The first kappa shape index (κ1) is 12.3. The van der Waals surface area contributed by atoms with Crippen molar-refractivity contribution in [1.82, 2.24) is 10.3 Å². The molecule has 0 radical (unpaired) electrons. The Bertz CT molecular complexity index is 658. The van der Waals surface area contributed by atoms with Gasteiger partial charge in [0.25, 0.3) is 0 Å². The van der Waals surface area contributed by atoms with Crippen molar-refractivity contribution in [2.45, 2.75) is 44.7 Å². The summed E-state index contributed by atoms with van der Waals surface area (Å²) in [6.45, 7) is 1.03. The number of hydrogen-bond acceptors (Lipinski definition) is 1. The molecule has 2 aromatic rings. The van der Waals surface area contributed by atoms with Crippen LogP contribution in [0.15, 0.2) is 30.5 Å². The summed E-state index contributed by atoms with van der Waals surface area (Å²) in [7, 11) is 0. The van der Waals surface area contributed by atoms with Gasteiger partial charge in [-0.15, -0.1) is 0 Å². The third-order valence-electron chi connectivity index (χ3n) is 6.67. The van der Waals surface area contributed by atoms with Crippen LogP contribution in [0, 0.1) is 23.7 Å². The Labute approximate surface area is 126 Å². The van der Waals surface area contributed by atoms with E-state index in [0.717, 1.165) is 36.3 Å². The summed E-state index contributed by atoms with van der Waals surface area (Å²) in [5, 5.41) is 5.29. The zero-order valence-corrected chi connectivity index (χ0v) is 12.5. The summed E-state index contributed by atoms with van der Waals surface area (Å²) in [6, 6.07) is 9.60. The molecule has 1 aromatic carbocycles. The lowest BCUT2D eigenvalue weighted by Gasteiger charge is -2.32. The predicted molar refractivity (Wildman–Crippen MR) is 86.0 cm³/mol. The maximum Gasteiger partial charge on any atom is 0.0457 e. The van der Waals surface area contributed by atoms with Gasteiger partial charge in [0.05, 0.1) is 0 Å². The third-order valence-corrected chi connectivity index (χ3v) is 6.67. The van der Waals surface area contributed by atoms with Gasteiger partial charge < -0.3 is 10.3 Å². The molecule has 2 nitrogen and oxygen atoms in total. The molecule has 3 aliphatic rings. The van der Waals surface area contributed by atoms with Crippen LogP contribution in [0.25, 0.3) is 10.9 Å². The zero-order valence-electron chi connectivity index (χ0n) is 12.5. The summed E-state index contributed by atoms with van der Waals surface area (Å²) in [6.07, 6.45) is 9.54. The predicted octanol–water partition coefficient (Wildman–Crippen LogP) is 4.08. The van der Waals surface area contributed by atoms with E-state index in [1.165, 1.54) is 48.6 Å². The molecule has 0 saturated heterocycles. The fourth-order valence-corrected chi connectivity index (χ4v) is 5.85. The molecule has 2 bridgehead atoms. The molecule has 5 unspecified atom stereocenters. The molecule has 1 aromatic heterocycles. The second-order valence-corrected chi connectivity index (χ2v) is 7.50. The second kappa shape index (κ2) is 4.61. The van der Waals surface area contributed by atoms with Gasteiger partial charge in [-0.05, 0) is 67.1 Å². The van der Waals surface area contributed by atoms with E-state index in [0.29, 0.717) is 0 Å². The van der Waals surface area contributed by atoms with Gasteiger partial charge in [0.1, 0.15) is 0 Å². The molecule has 3 fully saturated rings. The van der Waals surface area contributed by atoms with Crippen LogP contribution >= 0.6 is 0 Å². The molecular weight excluding hydrogens is 256 g/mol. The summed E-state index contributed by atoms with van der Waals surface area (Å²) in [5.41, 5.74) is 2.71. The molecule has 5 rings (SSSR count). The van der Waals surface area contributed by atoms with E-state index in [4.69, 9.17) is 0 Å². The van der Waals surface area contributed by atoms with Crippen LogP contribution in [0.2, 0.25) is 0 Å². The average Bonchev–Trinajstić information content (AvgIpc) is 3.23. The van der Waals surface area contributed by atoms with Crippen molar-refractivity contribution in [2.24, 2.45) is 23.7 Å². The third kappa shape index (κ3) is 1.81. The number of nitrogens with one attached hydrogen (secondary N) is 2. The molecular formula is C19H24N2. The van der Waals surface area contributed by atoms with Crippen LogP contribution in [0.3, 0.4) is 0 Å². The van der Waals surface area contributed by atoms with Crippen LogP contribution in [-0.2, 0) is 6.54 Å². The highest BCUT2D eigenvalue weighted by Gasteiger charge is 2.53. The van der Waals surface area contributed by atoms with E-state index in [9.17, 15) is 0 Å². The van der Waals surface area contributed by atoms with Crippen molar-refractivity contribution >= 4 is 10.9 Å². The van der Waals surface area contributed by atoms with Crippen LogP contribution in [-0.4, -0.2) is 11.0 Å². The lowest BCUT2D eigenvalue weighted by Crippen LogP contribution is -2.38. The van der Waals surface area contributed by atoms with Crippen LogP contribution in [0.4, 0.5) is 0 Å². The van der Waals surface area contributed by atoms with Gasteiger partial charge in [0.2, 0.25) is 0 Å². The van der Waals surface area contributed by atoms with E-state index in [-0.39, 0.29) is 0 Å². The molecule has 1 heterocycles. The maximum absolute atomic E-state index is 3.91. The number of H-pyrrole nitrogens is 1. The van der Waals surface area contributed by atoms with Crippen molar-refractivity contribution < 1.29 is 0 Å². The maximum atomic E-state index is 3.91. The lowest BCUT2D eigenvalue weighted by atomic mass is 9.79. The molecule has 3 aliphatic carbocycles. The standard InChI is InChI=1S/C19H24N2/c1-3-12(15-7-8-20-18(15)6-1)11-21-19-10-13-9-17(19)16-5-2-4-14(13)16/h1,3,6-8,13-14,16-17,19-21H,2,4-5,9-11H2. The van der Waals surface area contributed by atoms with Gasteiger partial charge in [0.15, 0.2) is 0 Å². The Morgan fingerprint density at radius 2 is 2.00 bits per heavy atom. The molecule has 2 heteroatoms. The summed E-state index contributed by atoms with van der Waals surface area (Å²) in [5.74, 6) is 4.18. The minimum absolute atomic E-state index is 0.781. The molecule has 0 amide bonds. The van der Waals surface area contributed by atoms with E-state index >= 15 is 0 Å². The minimum atomic E-state index is 0.781. The van der Waals surface area contributed by atoms with E-state index in [2.05, 4.69) is 40.8 Å². The molecule has 21 heavy (non-hydrogen) atoms. The van der Waals surface area contributed by atoms with Crippen LogP contribution in [0.1, 0.15) is 37.7 Å². The molecule has 5 atom stereocenters. The van der Waals surface area contributed by atoms with Crippen molar-refractivity contribution in [3.8, 4) is 0 Å². The summed E-state index contributed by atoms with van der Waals surface area (Å²) in [4.78, 5) is 3.32. The van der Waals surface area contributed by atoms with Crippen molar-refractivity contribution in [3.05, 3.63) is 36.0 Å². The number of rotatable bonds is 3.